The second kappa shape index (κ2) is 13.6. The number of aryl methyl sites for hydroxylation is 2. The predicted molar refractivity (Wildman–Crippen MR) is 172 cm³/mol. The molecule has 0 spiro atoms. The van der Waals surface area contributed by atoms with Gasteiger partial charge in [0.15, 0.2) is 5.72 Å². The Morgan fingerprint density at radius 3 is 2.31 bits per heavy atom. The lowest BCUT2D eigenvalue weighted by molar-refractivity contribution is -0.193. The highest BCUT2D eigenvalue weighted by atomic mass is 32.2. The van der Waals surface area contributed by atoms with Crippen molar-refractivity contribution >= 4 is 33.9 Å². The summed E-state index contributed by atoms with van der Waals surface area (Å²) in [6, 6.07) is 10.2. The number of esters is 1. The fourth-order valence-corrected chi connectivity index (χ4v) is 7.65. The number of carbonyl (C=O) groups excluding carboxylic acids is 2. The number of hydrogen-bond donors (Lipinski definition) is 3. The van der Waals surface area contributed by atoms with Gasteiger partial charge < -0.3 is 24.0 Å². The van der Waals surface area contributed by atoms with Crippen LogP contribution in [0.15, 0.2) is 52.0 Å². The standard InChI is InChI=1S/C32H43N3O8S2/c1-7-33-45(40,41)43-27-19-25(31(4,5)6)28(18-21(27)2)44-29-26(38)20-32(42-30(29)39,13-12-23-8-10-24(37)11-9-23)35-16-14-34(15-17-35)22(3)36/h8-11,18-19,33,37-38H,7,12-17,20H2,1-6H3. The first-order chi connectivity index (χ1) is 21.0. The second-order valence-electron chi connectivity index (χ2n) is 12.4. The summed E-state index contributed by atoms with van der Waals surface area (Å²) >= 11 is 1.09. The molecular formula is C32H43N3O8S2. The summed E-state index contributed by atoms with van der Waals surface area (Å²) in [5.74, 6) is -0.438. The van der Waals surface area contributed by atoms with Crippen molar-refractivity contribution < 1.29 is 37.1 Å². The Hall–Kier alpha value is -3.26. The van der Waals surface area contributed by atoms with Gasteiger partial charge in [-0.05, 0) is 59.7 Å². The zero-order valence-corrected chi connectivity index (χ0v) is 28.3. The summed E-state index contributed by atoms with van der Waals surface area (Å²) < 4.78 is 38.6. The Balaban J connectivity index is 1.67. The molecule has 0 saturated carbocycles. The number of hydrogen-bond acceptors (Lipinski definition) is 10. The quantitative estimate of drug-likeness (QED) is 0.311. The van der Waals surface area contributed by atoms with E-state index < -0.39 is 27.4 Å². The molecule has 2 aliphatic heterocycles. The smallest absolute Gasteiger partial charge is 0.382 e. The monoisotopic (exact) mass is 661 g/mol. The normalized spacial score (nSPS) is 19.9. The average molecular weight is 662 g/mol. The number of aromatic hydroxyl groups is 1. The number of phenolic OH excluding ortho intramolecular Hbond substituents is 1. The molecule has 2 aromatic rings. The van der Waals surface area contributed by atoms with Crippen molar-refractivity contribution in [2.24, 2.45) is 0 Å². The van der Waals surface area contributed by atoms with Gasteiger partial charge in [0.25, 0.3) is 0 Å². The number of nitrogens with zero attached hydrogens (tertiary/aromatic N) is 2. The van der Waals surface area contributed by atoms with E-state index in [9.17, 15) is 28.2 Å². The van der Waals surface area contributed by atoms with E-state index >= 15 is 0 Å². The van der Waals surface area contributed by atoms with E-state index in [0.29, 0.717) is 49.5 Å². The minimum absolute atomic E-state index is 0.0181. The van der Waals surface area contributed by atoms with Gasteiger partial charge in [-0.2, -0.15) is 13.1 Å². The fraction of sp³-hybridized carbons (Fsp3) is 0.500. The highest BCUT2D eigenvalue weighted by Crippen LogP contribution is 2.45. The third kappa shape index (κ3) is 8.32. The van der Waals surface area contributed by atoms with Gasteiger partial charge in [-0.1, -0.05) is 51.6 Å². The topological polar surface area (TPSA) is 146 Å². The number of cyclic esters (lactones) is 1. The number of thioether (sulfide) groups is 1. The van der Waals surface area contributed by atoms with Crippen LogP contribution >= 0.6 is 11.8 Å². The summed E-state index contributed by atoms with van der Waals surface area (Å²) in [4.78, 5) is 30.3. The zero-order valence-electron chi connectivity index (χ0n) is 26.7. The molecule has 0 bridgehead atoms. The van der Waals surface area contributed by atoms with Crippen molar-refractivity contribution in [1.82, 2.24) is 14.5 Å². The molecule has 0 radical (unpaired) electrons. The Kier molecular flexibility index (Phi) is 10.5. The summed E-state index contributed by atoms with van der Waals surface area (Å²) in [6.07, 6.45) is 0.982. The molecule has 0 aromatic heterocycles. The average Bonchev–Trinajstić information content (AvgIpc) is 2.95. The van der Waals surface area contributed by atoms with Crippen LogP contribution in [0.25, 0.3) is 0 Å². The summed E-state index contributed by atoms with van der Waals surface area (Å²) in [5, 5.41) is 21.2. The number of piperazine rings is 1. The van der Waals surface area contributed by atoms with Crippen molar-refractivity contribution in [2.45, 2.75) is 76.8 Å². The van der Waals surface area contributed by atoms with Crippen LogP contribution in [-0.4, -0.2) is 78.8 Å². The van der Waals surface area contributed by atoms with Gasteiger partial charge in [0.05, 0.1) is 6.42 Å². The summed E-state index contributed by atoms with van der Waals surface area (Å²) in [7, 11) is -4.01. The second-order valence-corrected chi connectivity index (χ2v) is 14.9. The minimum Gasteiger partial charge on any atom is -0.511 e. The minimum atomic E-state index is -4.01. The lowest BCUT2D eigenvalue weighted by Gasteiger charge is -2.48. The first-order valence-electron chi connectivity index (χ1n) is 15.0. The number of aliphatic hydroxyl groups is 1. The molecule has 1 fully saturated rings. The fourth-order valence-electron chi connectivity index (χ4n) is 5.58. The van der Waals surface area contributed by atoms with E-state index in [4.69, 9.17) is 8.92 Å². The number of phenols is 1. The van der Waals surface area contributed by atoms with Gasteiger partial charge in [-0.3, -0.25) is 9.69 Å². The van der Waals surface area contributed by atoms with E-state index in [1.807, 2.05) is 37.8 Å². The molecule has 1 unspecified atom stereocenters. The molecule has 45 heavy (non-hydrogen) atoms. The van der Waals surface area contributed by atoms with Crippen LogP contribution in [0.2, 0.25) is 0 Å². The van der Waals surface area contributed by atoms with Crippen molar-refractivity contribution in [2.75, 3.05) is 32.7 Å². The number of benzene rings is 2. The molecular weight excluding hydrogens is 618 g/mol. The van der Waals surface area contributed by atoms with E-state index in [2.05, 4.69) is 4.72 Å². The van der Waals surface area contributed by atoms with Crippen molar-refractivity contribution in [1.29, 1.82) is 0 Å². The van der Waals surface area contributed by atoms with E-state index in [-0.39, 0.29) is 41.0 Å². The molecule has 3 N–H and O–H groups in total. The molecule has 2 aliphatic rings. The third-order valence-electron chi connectivity index (χ3n) is 8.03. The maximum absolute atomic E-state index is 13.8. The van der Waals surface area contributed by atoms with Gasteiger partial charge >= 0.3 is 16.3 Å². The molecule has 1 amide bonds. The van der Waals surface area contributed by atoms with Gasteiger partial charge in [0, 0.05) is 51.0 Å². The maximum Gasteiger partial charge on any atom is 0.382 e. The Bertz CT molecular complexity index is 1560. The highest BCUT2D eigenvalue weighted by molar-refractivity contribution is 8.04. The maximum atomic E-state index is 13.8. The first kappa shape index (κ1) is 34.6. The van der Waals surface area contributed by atoms with Gasteiger partial charge in [0.2, 0.25) is 5.91 Å². The van der Waals surface area contributed by atoms with Crippen LogP contribution in [-0.2, 0) is 36.5 Å². The summed E-state index contributed by atoms with van der Waals surface area (Å²) in [6.45, 7) is 12.9. The van der Waals surface area contributed by atoms with Crippen molar-refractivity contribution in [3.05, 3.63) is 63.8 Å². The molecule has 13 heteroatoms. The largest absolute Gasteiger partial charge is 0.511 e. The first-order valence-corrected chi connectivity index (χ1v) is 17.2. The molecule has 1 saturated heterocycles. The lowest BCUT2D eigenvalue weighted by Crippen LogP contribution is -2.61. The van der Waals surface area contributed by atoms with Crippen LogP contribution < -0.4 is 8.91 Å². The highest BCUT2D eigenvalue weighted by Gasteiger charge is 2.47. The third-order valence-corrected chi connectivity index (χ3v) is 10.2. The molecule has 1 atom stereocenters. The van der Waals surface area contributed by atoms with Crippen LogP contribution in [0.1, 0.15) is 64.2 Å². The Labute approximate surface area is 269 Å². The van der Waals surface area contributed by atoms with E-state index in [1.54, 1.807) is 43.0 Å². The van der Waals surface area contributed by atoms with Crippen molar-refractivity contribution in [3.8, 4) is 11.5 Å². The van der Waals surface area contributed by atoms with Crippen LogP contribution in [0.4, 0.5) is 0 Å². The van der Waals surface area contributed by atoms with Crippen molar-refractivity contribution in [3.63, 3.8) is 0 Å². The molecule has 4 rings (SSSR count). The number of amides is 1. The Morgan fingerprint density at radius 1 is 1.11 bits per heavy atom. The molecule has 2 heterocycles. The number of rotatable bonds is 10. The number of aliphatic hydroxyl groups excluding tert-OH is 1. The lowest BCUT2D eigenvalue weighted by atomic mass is 9.86. The number of nitrogens with one attached hydrogen (secondary N) is 1. The Morgan fingerprint density at radius 2 is 1.76 bits per heavy atom. The van der Waals surface area contributed by atoms with Crippen LogP contribution in [0.5, 0.6) is 11.5 Å². The SMILES string of the molecule is CCNS(=O)(=O)Oc1cc(C(C)(C)C)c(SC2=C(O)CC(CCc3ccc(O)cc3)(N3CCN(C(C)=O)CC3)OC2=O)cc1C. The van der Waals surface area contributed by atoms with Gasteiger partial charge in [-0.15, -0.1) is 0 Å². The number of ether oxygens (including phenoxy) is 1. The van der Waals surface area contributed by atoms with Gasteiger partial charge in [0.1, 0.15) is 22.2 Å². The zero-order chi connectivity index (χ0) is 33.2. The van der Waals surface area contributed by atoms with E-state index in [0.717, 1.165) is 22.9 Å². The molecule has 2 aromatic carbocycles. The van der Waals surface area contributed by atoms with E-state index in [1.165, 1.54) is 6.92 Å². The molecule has 11 nitrogen and oxygen atoms in total. The van der Waals surface area contributed by atoms with Crippen LogP contribution in [0, 0.1) is 6.92 Å². The molecule has 246 valence electrons. The summed E-state index contributed by atoms with van der Waals surface area (Å²) in [5.41, 5.74) is 0.626. The molecule has 0 aliphatic carbocycles. The number of carbonyl (C=O) groups is 2. The van der Waals surface area contributed by atoms with Crippen LogP contribution in [0.3, 0.4) is 0 Å². The van der Waals surface area contributed by atoms with Gasteiger partial charge in [-0.25, -0.2) is 4.79 Å². The predicted octanol–water partition coefficient (Wildman–Crippen LogP) is 4.53.